The smallest absolute Gasteiger partial charge is 0.321 e. The molecule has 0 saturated carbocycles. The van der Waals surface area contributed by atoms with E-state index < -0.39 is 34.0 Å². The monoisotopic (exact) mass is 612 g/mol. The lowest BCUT2D eigenvalue weighted by Gasteiger charge is -2.34. The minimum Gasteiger partial charge on any atom is -0.488 e. The van der Waals surface area contributed by atoms with Crippen molar-refractivity contribution >= 4 is 33.3 Å². The van der Waals surface area contributed by atoms with Crippen LogP contribution in [0.15, 0.2) is 71.6 Å². The molecule has 3 aromatic rings. The number of aliphatic hydroxyl groups is 1. The first-order valence-corrected chi connectivity index (χ1v) is 15.4. The summed E-state index contributed by atoms with van der Waals surface area (Å²) >= 11 is 0. The number of fused-ring (bicyclic) bond motifs is 1. The van der Waals surface area contributed by atoms with E-state index in [1.807, 2.05) is 13.8 Å². The lowest BCUT2D eigenvalue weighted by molar-refractivity contribution is -0.134. The molecule has 3 aromatic carbocycles. The zero-order valence-electron chi connectivity index (χ0n) is 24.6. The molecule has 0 radical (unpaired) electrons. The predicted molar refractivity (Wildman–Crippen MR) is 162 cm³/mol. The van der Waals surface area contributed by atoms with Crippen LogP contribution >= 0.6 is 0 Å². The minimum atomic E-state index is -3.89. The van der Waals surface area contributed by atoms with Gasteiger partial charge in [0.05, 0.1) is 30.5 Å². The van der Waals surface area contributed by atoms with Crippen molar-refractivity contribution in [2.24, 2.45) is 5.92 Å². The molecule has 3 atom stereocenters. The van der Waals surface area contributed by atoms with Gasteiger partial charge >= 0.3 is 6.03 Å². The van der Waals surface area contributed by atoms with Gasteiger partial charge in [-0.2, -0.15) is 0 Å². The minimum absolute atomic E-state index is 0.0832. The molecule has 0 aliphatic carbocycles. The Morgan fingerprint density at radius 2 is 1.77 bits per heavy atom. The van der Waals surface area contributed by atoms with Gasteiger partial charge in [0.2, 0.25) is 5.91 Å². The third-order valence-electron chi connectivity index (χ3n) is 7.40. The SMILES string of the molecule is Cc1ccc(S(=O)(=O)Nc2ccc3c(c2)CC(=O)N([C@H](C)CO)C[C@@H](C)[C@@H](CN(C)C(=O)Nc2ccc(F)cc2)O3)cc1. The average Bonchev–Trinajstić information content (AvgIpc) is 3.01. The van der Waals surface area contributed by atoms with Crippen molar-refractivity contribution in [3.05, 3.63) is 83.7 Å². The van der Waals surface area contributed by atoms with E-state index in [-0.39, 0.29) is 48.5 Å². The molecule has 3 N–H and O–H groups in total. The van der Waals surface area contributed by atoms with Crippen LogP contribution in [0.25, 0.3) is 0 Å². The number of nitrogens with zero attached hydrogens (tertiary/aromatic N) is 2. The van der Waals surface area contributed by atoms with Crippen LogP contribution in [0.5, 0.6) is 5.75 Å². The molecule has 1 aliphatic heterocycles. The highest BCUT2D eigenvalue weighted by Crippen LogP contribution is 2.30. The number of sulfonamides is 1. The molecule has 43 heavy (non-hydrogen) atoms. The summed E-state index contributed by atoms with van der Waals surface area (Å²) in [4.78, 5) is 29.5. The second kappa shape index (κ2) is 13.4. The molecule has 0 spiro atoms. The van der Waals surface area contributed by atoms with Gasteiger partial charge < -0.3 is 25.0 Å². The molecule has 3 amide bonds. The fourth-order valence-corrected chi connectivity index (χ4v) is 5.80. The molecule has 0 aromatic heterocycles. The average molecular weight is 613 g/mol. The Morgan fingerprint density at radius 1 is 1.12 bits per heavy atom. The Labute approximate surface area is 251 Å². The second-order valence-electron chi connectivity index (χ2n) is 10.9. The van der Waals surface area contributed by atoms with Crippen LogP contribution in [0.2, 0.25) is 0 Å². The Bertz CT molecular complexity index is 1550. The number of carbonyl (C=O) groups excluding carboxylic acids is 2. The standard InChI is InChI=1S/C31H37FN4O6S/c1-20-5-12-27(13-6-20)43(40,41)34-26-11-14-28-23(15-26)16-30(38)36(22(3)19-37)17-21(2)29(42-28)18-35(4)31(39)33-25-9-7-24(32)8-10-25/h5-15,21-22,29,34,37H,16-19H2,1-4H3,(H,33,39)/t21-,22-,29-/m1/s1. The Hall–Kier alpha value is -4.16. The lowest BCUT2D eigenvalue weighted by atomic mass is 10.0. The number of anilines is 2. The maximum atomic E-state index is 13.5. The largest absolute Gasteiger partial charge is 0.488 e. The molecular formula is C31H37FN4O6S. The summed E-state index contributed by atoms with van der Waals surface area (Å²) < 4.78 is 48.3. The molecule has 1 aliphatic rings. The van der Waals surface area contributed by atoms with Gasteiger partial charge in [0, 0.05) is 36.4 Å². The molecule has 12 heteroatoms. The zero-order valence-corrected chi connectivity index (χ0v) is 25.4. The van der Waals surface area contributed by atoms with Crippen molar-refractivity contribution in [1.82, 2.24) is 9.80 Å². The quantitative estimate of drug-likeness (QED) is 0.349. The third-order valence-corrected chi connectivity index (χ3v) is 8.79. The van der Waals surface area contributed by atoms with Crippen LogP contribution < -0.4 is 14.8 Å². The summed E-state index contributed by atoms with van der Waals surface area (Å²) in [7, 11) is -2.28. The summed E-state index contributed by atoms with van der Waals surface area (Å²) in [6.45, 7) is 5.67. The maximum absolute atomic E-state index is 13.5. The molecule has 0 fully saturated rings. The van der Waals surface area contributed by atoms with Gasteiger partial charge in [0.25, 0.3) is 10.0 Å². The zero-order chi connectivity index (χ0) is 31.3. The molecule has 0 saturated heterocycles. The number of nitrogens with one attached hydrogen (secondary N) is 2. The second-order valence-corrected chi connectivity index (χ2v) is 12.6. The summed E-state index contributed by atoms with van der Waals surface area (Å²) in [5.41, 5.74) is 2.08. The number of benzene rings is 3. The summed E-state index contributed by atoms with van der Waals surface area (Å²) in [6, 6.07) is 15.7. The fourth-order valence-electron chi connectivity index (χ4n) is 4.75. The highest BCUT2D eigenvalue weighted by molar-refractivity contribution is 7.92. The van der Waals surface area contributed by atoms with Crippen LogP contribution in [-0.4, -0.2) is 74.2 Å². The van der Waals surface area contributed by atoms with Gasteiger partial charge in [-0.3, -0.25) is 9.52 Å². The van der Waals surface area contributed by atoms with Gasteiger partial charge in [-0.15, -0.1) is 0 Å². The van der Waals surface area contributed by atoms with Crippen molar-refractivity contribution in [2.45, 2.75) is 44.2 Å². The van der Waals surface area contributed by atoms with Crippen LogP contribution in [0, 0.1) is 18.7 Å². The van der Waals surface area contributed by atoms with Gasteiger partial charge in [-0.25, -0.2) is 17.6 Å². The van der Waals surface area contributed by atoms with Gasteiger partial charge in [-0.05, 0) is 68.4 Å². The van der Waals surface area contributed by atoms with E-state index in [0.29, 0.717) is 17.0 Å². The first-order valence-electron chi connectivity index (χ1n) is 13.9. The summed E-state index contributed by atoms with van der Waals surface area (Å²) in [6.07, 6.45) is -0.655. The Morgan fingerprint density at radius 3 is 2.42 bits per heavy atom. The van der Waals surface area contributed by atoms with E-state index in [0.717, 1.165) is 5.56 Å². The van der Waals surface area contributed by atoms with Gasteiger partial charge in [0.1, 0.15) is 17.7 Å². The summed E-state index contributed by atoms with van der Waals surface area (Å²) in [5, 5.41) is 12.6. The number of hydrogen-bond donors (Lipinski definition) is 3. The van der Waals surface area contributed by atoms with Gasteiger partial charge in [-0.1, -0.05) is 24.6 Å². The number of carbonyl (C=O) groups is 2. The number of amides is 3. The van der Waals surface area contributed by atoms with Crippen LogP contribution in [-0.2, 0) is 21.2 Å². The lowest BCUT2D eigenvalue weighted by Crippen LogP contribution is -2.48. The van der Waals surface area contributed by atoms with Crippen molar-refractivity contribution in [2.75, 3.05) is 36.8 Å². The number of aryl methyl sites for hydroxylation is 1. The van der Waals surface area contributed by atoms with Crippen molar-refractivity contribution < 1.29 is 32.2 Å². The molecule has 10 nitrogen and oxygen atoms in total. The normalized spacial score (nSPS) is 17.9. The number of urea groups is 1. The van der Waals surface area contributed by atoms with E-state index in [9.17, 15) is 27.5 Å². The van der Waals surface area contributed by atoms with Crippen molar-refractivity contribution in [3.8, 4) is 5.75 Å². The number of ether oxygens (including phenoxy) is 1. The van der Waals surface area contributed by atoms with Crippen molar-refractivity contribution in [3.63, 3.8) is 0 Å². The molecule has 1 heterocycles. The molecule has 0 bridgehead atoms. The highest BCUT2D eigenvalue weighted by atomic mass is 32.2. The molecule has 230 valence electrons. The number of rotatable bonds is 8. The van der Waals surface area contributed by atoms with Crippen LogP contribution in [0.4, 0.5) is 20.6 Å². The number of aliphatic hydroxyl groups excluding tert-OH is 1. The highest BCUT2D eigenvalue weighted by Gasteiger charge is 2.32. The third kappa shape index (κ3) is 8.02. The summed E-state index contributed by atoms with van der Waals surface area (Å²) in [5.74, 6) is -0.543. The predicted octanol–water partition coefficient (Wildman–Crippen LogP) is 4.25. The Balaban J connectivity index is 1.61. The topological polar surface area (TPSA) is 128 Å². The fraction of sp³-hybridized carbons (Fsp3) is 0.355. The van der Waals surface area contributed by atoms with E-state index in [1.54, 1.807) is 49.2 Å². The van der Waals surface area contributed by atoms with E-state index in [1.165, 1.54) is 41.3 Å². The van der Waals surface area contributed by atoms with Crippen molar-refractivity contribution in [1.29, 1.82) is 0 Å². The van der Waals surface area contributed by atoms with E-state index >= 15 is 0 Å². The Kier molecular flexibility index (Phi) is 9.92. The first kappa shape index (κ1) is 31.8. The van der Waals surface area contributed by atoms with Gasteiger partial charge in [0.15, 0.2) is 0 Å². The number of hydrogen-bond acceptors (Lipinski definition) is 6. The van der Waals surface area contributed by atoms with E-state index in [2.05, 4.69) is 10.0 Å². The van der Waals surface area contributed by atoms with E-state index in [4.69, 9.17) is 4.74 Å². The molecule has 4 rings (SSSR count). The number of likely N-dealkylation sites (N-methyl/N-ethyl adjacent to an activating group) is 1. The maximum Gasteiger partial charge on any atom is 0.321 e. The van der Waals surface area contributed by atoms with Crippen LogP contribution in [0.1, 0.15) is 25.0 Å². The molecular weight excluding hydrogens is 575 g/mol. The van der Waals surface area contributed by atoms with Crippen LogP contribution in [0.3, 0.4) is 0 Å². The first-order chi connectivity index (χ1) is 20.4. The number of halogens is 1. The molecule has 0 unspecified atom stereocenters.